The van der Waals surface area contributed by atoms with Gasteiger partial charge in [-0.3, -0.25) is 0 Å². The molecule has 0 amide bonds. The molecule has 1 aliphatic heterocycles. The number of aromatic nitrogens is 4. The van der Waals surface area contributed by atoms with Gasteiger partial charge in [0.05, 0.1) is 13.2 Å². The Morgan fingerprint density at radius 1 is 1.64 bits per heavy atom. The third kappa shape index (κ3) is 2.49. The maximum atomic E-state index is 5.64. The molecule has 0 aromatic carbocycles. The van der Waals surface area contributed by atoms with Crippen LogP contribution in [0.1, 0.15) is 18.7 Å². The Labute approximate surface area is 82.6 Å². The van der Waals surface area contributed by atoms with Crippen molar-refractivity contribution in [3.8, 4) is 0 Å². The highest BCUT2D eigenvalue weighted by Crippen LogP contribution is 2.07. The summed E-state index contributed by atoms with van der Waals surface area (Å²) >= 11 is 0. The summed E-state index contributed by atoms with van der Waals surface area (Å²) in [6, 6.07) is 0. The van der Waals surface area contributed by atoms with Crippen LogP contribution in [0.3, 0.4) is 0 Å². The fourth-order valence-electron chi connectivity index (χ4n) is 1.54. The summed E-state index contributed by atoms with van der Waals surface area (Å²) in [5, 5.41) is 14.9. The summed E-state index contributed by atoms with van der Waals surface area (Å²) < 4.78 is 5.64. The molecule has 1 saturated heterocycles. The van der Waals surface area contributed by atoms with Crippen LogP contribution in [-0.4, -0.2) is 39.4 Å². The van der Waals surface area contributed by atoms with Crippen molar-refractivity contribution in [1.82, 2.24) is 25.5 Å². The van der Waals surface area contributed by atoms with Gasteiger partial charge in [-0.25, -0.2) is 0 Å². The van der Waals surface area contributed by atoms with Crippen molar-refractivity contribution in [2.75, 3.05) is 13.1 Å². The van der Waals surface area contributed by atoms with E-state index in [-0.39, 0.29) is 0 Å². The SMILES string of the molecule is Cn1nnc(COC2CCCNC2)n1. The zero-order valence-electron chi connectivity index (χ0n) is 8.31. The normalized spacial score (nSPS) is 22.5. The first kappa shape index (κ1) is 9.54. The fraction of sp³-hybridized carbons (Fsp3) is 0.875. The van der Waals surface area contributed by atoms with E-state index in [1.54, 1.807) is 7.05 Å². The standard InChI is InChI=1S/C8H15N5O/c1-13-11-8(10-12-13)6-14-7-3-2-4-9-5-7/h7,9H,2-6H2,1H3. The lowest BCUT2D eigenvalue weighted by Crippen LogP contribution is -2.35. The van der Waals surface area contributed by atoms with Crippen LogP contribution in [0.2, 0.25) is 0 Å². The summed E-state index contributed by atoms with van der Waals surface area (Å²) in [7, 11) is 1.75. The van der Waals surface area contributed by atoms with Gasteiger partial charge < -0.3 is 10.1 Å². The van der Waals surface area contributed by atoms with E-state index >= 15 is 0 Å². The molecule has 0 spiro atoms. The van der Waals surface area contributed by atoms with E-state index in [0.29, 0.717) is 18.5 Å². The maximum absolute atomic E-state index is 5.64. The Hall–Kier alpha value is -1.01. The Balaban J connectivity index is 1.76. The van der Waals surface area contributed by atoms with E-state index in [1.165, 1.54) is 11.2 Å². The number of aryl methyl sites for hydroxylation is 1. The van der Waals surface area contributed by atoms with Crippen LogP contribution in [0.4, 0.5) is 0 Å². The van der Waals surface area contributed by atoms with Crippen molar-refractivity contribution in [3.63, 3.8) is 0 Å². The molecule has 2 rings (SSSR count). The minimum Gasteiger partial charge on any atom is -0.369 e. The summed E-state index contributed by atoms with van der Waals surface area (Å²) in [5.74, 6) is 0.651. The number of nitrogens with one attached hydrogen (secondary N) is 1. The number of hydrogen-bond donors (Lipinski definition) is 1. The van der Waals surface area contributed by atoms with Gasteiger partial charge in [0, 0.05) is 6.54 Å². The van der Waals surface area contributed by atoms with Gasteiger partial charge in [-0.2, -0.15) is 4.80 Å². The van der Waals surface area contributed by atoms with Crippen LogP contribution in [0.25, 0.3) is 0 Å². The average Bonchev–Trinajstić information content (AvgIpc) is 2.63. The maximum Gasteiger partial charge on any atom is 0.200 e. The molecule has 6 heteroatoms. The Kier molecular flexibility index (Phi) is 3.05. The van der Waals surface area contributed by atoms with Crippen molar-refractivity contribution < 1.29 is 4.74 Å². The molecule has 1 aliphatic rings. The second-order valence-corrected chi connectivity index (χ2v) is 3.47. The Morgan fingerprint density at radius 3 is 3.21 bits per heavy atom. The van der Waals surface area contributed by atoms with Crippen molar-refractivity contribution in [2.45, 2.75) is 25.6 Å². The molecule has 1 fully saturated rings. The highest BCUT2D eigenvalue weighted by Gasteiger charge is 2.14. The molecular weight excluding hydrogens is 182 g/mol. The highest BCUT2D eigenvalue weighted by molar-refractivity contribution is 4.74. The van der Waals surface area contributed by atoms with Gasteiger partial charge in [0.15, 0.2) is 5.82 Å². The first-order valence-corrected chi connectivity index (χ1v) is 4.90. The van der Waals surface area contributed by atoms with E-state index in [2.05, 4.69) is 20.7 Å². The van der Waals surface area contributed by atoms with Gasteiger partial charge in [-0.15, -0.1) is 10.2 Å². The van der Waals surface area contributed by atoms with Crippen molar-refractivity contribution in [2.24, 2.45) is 7.05 Å². The second-order valence-electron chi connectivity index (χ2n) is 3.47. The van der Waals surface area contributed by atoms with Crippen molar-refractivity contribution >= 4 is 0 Å². The number of piperidine rings is 1. The lowest BCUT2D eigenvalue weighted by Gasteiger charge is -2.22. The quantitative estimate of drug-likeness (QED) is 0.706. The minimum absolute atomic E-state index is 0.299. The zero-order chi connectivity index (χ0) is 9.80. The third-order valence-electron chi connectivity index (χ3n) is 2.25. The van der Waals surface area contributed by atoms with Gasteiger partial charge in [-0.1, -0.05) is 0 Å². The lowest BCUT2D eigenvalue weighted by atomic mass is 10.1. The molecule has 0 saturated carbocycles. The molecule has 1 aromatic heterocycles. The van der Waals surface area contributed by atoms with E-state index in [1.807, 2.05) is 0 Å². The summed E-state index contributed by atoms with van der Waals surface area (Å²) in [6.45, 7) is 2.49. The van der Waals surface area contributed by atoms with Crippen molar-refractivity contribution in [3.05, 3.63) is 5.82 Å². The van der Waals surface area contributed by atoms with Crippen molar-refractivity contribution in [1.29, 1.82) is 0 Å². The van der Waals surface area contributed by atoms with Gasteiger partial charge in [0.25, 0.3) is 0 Å². The molecule has 0 aliphatic carbocycles. The van der Waals surface area contributed by atoms with E-state index < -0.39 is 0 Å². The van der Waals surface area contributed by atoms with E-state index in [4.69, 9.17) is 4.74 Å². The van der Waals surface area contributed by atoms with Crippen LogP contribution in [0, 0.1) is 0 Å². The fourth-order valence-corrected chi connectivity index (χ4v) is 1.54. The van der Waals surface area contributed by atoms with E-state index in [9.17, 15) is 0 Å². The van der Waals surface area contributed by atoms with Crippen LogP contribution in [-0.2, 0) is 18.4 Å². The number of rotatable bonds is 3. The zero-order valence-corrected chi connectivity index (χ0v) is 8.31. The van der Waals surface area contributed by atoms with Crippen LogP contribution in [0.15, 0.2) is 0 Å². The third-order valence-corrected chi connectivity index (χ3v) is 2.25. The predicted octanol–water partition coefficient (Wildman–Crippen LogP) is -0.521. The monoisotopic (exact) mass is 197 g/mol. The second kappa shape index (κ2) is 4.47. The molecule has 78 valence electrons. The predicted molar refractivity (Wildman–Crippen MR) is 49.5 cm³/mol. The molecule has 0 bridgehead atoms. The molecule has 1 atom stereocenters. The smallest absolute Gasteiger partial charge is 0.200 e. The molecule has 6 nitrogen and oxygen atoms in total. The van der Waals surface area contributed by atoms with Gasteiger partial charge in [0.2, 0.25) is 0 Å². The topological polar surface area (TPSA) is 64.9 Å². The number of nitrogens with zero attached hydrogens (tertiary/aromatic N) is 4. The number of hydrogen-bond acceptors (Lipinski definition) is 5. The molecule has 14 heavy (non-hydrogen) atoms. The van der Waals surface area contributed by atoms with Gasteiger partial charge in [-0.05, 0) is 24.6 Å². The van der Waals surface area contributed by atoms with Gasteiger partial charge in [0.1, 0.15) is 6.61 Å². The first-order chi connectivity index (χ1) is 6.84. The van der Waals surface area contributed by atoms with Crippen LogP contribution < -0.4 is 5.32 Å². The summed E-state index contributed by atoms with van der Waals surface area (Å²) in [4.78, 5) is 1.44. The molecule has 2 heterocycles. The molecule has 1 aromatic rings. The van der Waals surface area contributed by atoms with E-state index in [0.717, 1.165) is 19.5 Å². The molecule has 1 N–H and O–H groups in total. The largest absolute Gasteiger partial charge is 0.369 e. The number of tetrazole rings is 1. The highest BCUT2D eigenvalue weighted by atomic mass is 16.5. The van der Waals surface area contributed by atoms with Crippen LogP contribution >= 0.6 is 0 Å². The minimum atomic E-state index is 0.299. The number of ether oxygens (including phenoxy) is 1. The molecule has 0 radical (unpaired) electrons. The van der Waals surface area contributed by atoms with Gasteiger partial charge >= 0.3 is 0 Å². The Morgan fingerprint density at radius 2 is 2.57 bits per heavy atom. The van der Waals surface area contributed by atoms with Crippen LogP contribution in [0.5, 0.6) is 0 Å². The lowest BCUT2D eigenvalue weighted by molar-refractivity contribution is 0.0217. The summed E-state index contributed by atoms with van der Waals surface area (Å²) in [5.41, 5.74) is 0. The Bertz CT molecular complexity index is 281. The summed E-state index contributed by atoms with van der Waals surface area (Å²) in [6.07, 6.45) is 2.60. The molecule has 1 unspecified atom stereocenters. The average molecular weight is 197 g/mol. The molecular formula is C8H15N5O. The first-order valence-electron chi connectivity index (χ1n) is 4.90.